The van der Waals surface area contributed by atoms with Gasteiger partial charge in [0, 0.05) is 37.4 Å². The number of fused-ring (bicyclic) bond motifs is 1. The summed E-state index contributed by atoms with van der Waals surface area (Å²) in [5.41, 5.74) is -1.89. The monoisotopic (exact) mass is 795 g/mol. The van der Waals surface area contributed by atoms with Crippen molar-refractivity contribution in [2.75, 3.05) is 32.0 Å². The Labute approximate surface area is 317 Å². The largest absolute Gasteiger partial charge is 0.497 e. The molecule has 0 aliphatic carbocycles. The molecule has 0 spiro atoms. The molecule has 2 heterocycles. The number of aromatic nitrogens is 2. The Kier molecular flexibility index (Phi) is 11.3. The Balaban J connectivity index is 1.18. The number of sulfone groups is 1. The molecule has 0 atom stereocenters. The highest BCUT2D eigenvalue weighted by molar-refractivity contribution is 7.90. The van der Waals surface area contributed by atoms with Crippen LogP contribution >= 0.6 is 0 Å². The molecule has 1 aromatic heterocycles. The van der Waals surface area contributed by atoms with Crippen LogP contribution in [0.25, 0.3) is 16.8 Å². The van der Waals surface area contributed by atoms with Crippen LogP contribution in [0.2, 0.25) is 0 Å². The second-order valence-corrected chi connectivity index (χ2v) is 14.4. The second kappa shape index (κ2) is 16.1. The Morgan fingerprint density at radius 2 is 1.68 bits per heavy atom. The molecule has 0 unspecified atom stereocenters. The highest BCUT2D eigenvalue weighted by Gasteiger charge is 2.37. The number of benzene rings is 4. The molecule has 3 amide bonds. The van der Waals surface area contributed by atoms with Crippen molar-refractivity contribution < 1.29 is 54.6 Å². The van der Waals surface area contributed by atoms with E-state index in [9.17, 15) is 36.0 Å². The lowest BCUT2D eigenvalue weighted by Crippen LogP contribution is -2.28. The lowest BCUT2D eigenvalue weighted by atomic mass is 10.0. The highest BCUT2D eigenvalue weighted by atomic mass is 32.2. The van der Waals surface area contributed by atoms with Crippen LogP contribution < -0.4 is 30.2 Å². The summed E-state index contributed by atoms with van der Waals surface area (Å²) in [5.74, 6) is -1.93. The van der Waals surface area contributed by atoms with Gasteiger partial charge in [0.2, 0.25) is 12.7 Å². The number of carbonyl (C=O) groups excluding carboxylic acids is 3. The van der Waals surface area contributed by atoms with Gasteiger partial charge in [0.15, 0.2) is 27.0 Å². The number of hydrogen-bond donors (Lipinski definition) is 3. The number of ether oxygens (including phenoxy) is 3. The van der Waals surface area contributed by atoms with Crippen LogP contribution in [-0.4, -0.2) is 62.6 Å². The van der Waals surface area contributed by atoms with Crippen molar-refractivity contribution >= 4 is 33.2 Å². The summed E-state index contributed by atoms with van der Waals surface area (Å²) in [6.07, 6.45) is -3.77. The van der Waals surface area contributed by atoms with E-state index in [2.05, 4.69) is 21.0 Å². The maximum Gasteiger partial charge on any atom is 0.435 e. The summed E-state index contributed by atoms with van der Waals surface area (Å²) in [6.45, 7) is 0.344. The summed E-state index contributed by atoms with van der Waals surface area (Å²) < 4.78 is 98.4. The molecule has 4 aromatic carbocycles. The van der Waals surface area contributed by atoms with Crippen molar-refractivity contribution in [3.8, 4) is 34.1 Å². The summed E-state index contributed by atoms with van der Waals surface area (Å²) in [5, 5.41) is 11.2. The van der Waals surface area contributed by atoms with Crippen LogP contribution in [0, 0.1) is 5.82 Å². The molecule has 0 bridgehead atoms. The average molecular weight is 796 g/mol. The van der Waals surface area contributed by atoms with Crippen LogP contribution in [0.3, 0.4) is 0 Å². The number of methoxy groups -OCH3 is 1. The van der Waals surface area contributed by atoms with E-state index in [4.69, 9.17) is 14.2 Å². The van der Waals surface area contributed by atoms with E-state index < -0.39 is 50.7 Å². The van der Waals surface area contributed by atoms with E-state index in [0.29, 0.717) is 22.2 Å². The fraction of sp³-hybridized carbons (Fsp3) is 0.211. The minimum atomic E-state index is -5.02. The zero-order chi connectivity index (χ0) is 40.2. The van der Waals surface area contributed by atoms with Gasteiger partial charge in [-0.2, -0.15) is 18.3 Å². The first-order valence-corrected chi connectivity index (χ1v) is 18.7. The first-order valence-electron chi connectivity index (χ1n) is 16.8. The fourth-order valence-electron chi connectivity index (χ4n) is 5.76. The first-order chi connectivity index (χ1) is 26.6. The van der Waals surface area contributed by atoms with E-state index in [1.165, 1.54) is 49.6 Å². The number of nitrogens with one attached hydrogen (secondary N) is 3. The summed E-state index contributed by atoms with van der Waals surface area (Å²) in [7, 11) is -2.38. The molecule has 1 aliphatic heterocycles. The number of nitrogens with zero attached hydrogens (tertiary/aromatic N) is 2. The Morgan fingerprint density at radius 1 is 0.911 bits per heavy atom. The van der Waals surface area contributed by atoms with Crippen LogP contribution in [0.4, 0.5) is 23.2 Å². The normalized spacial score (nSPS) is 12.2. The van der Waals surface area contributed by atoms with E-state index in [1.54, 1.807) is 24.3 Å². The molecule has 0 saturated carbocycles. The van der Waals surface area contributed by atoms with Crippen LogP contribution in [0.1, 0.15) is 44.9 Å². The highest BCUT2D eigenvalue weighted by Crippen LogP contribution is 2.34. The molecule has 56 heavy (non-hydrogen) atoms. The molecule has 292 valence electrons. The second-order valence-electron chi connectivity index (χ2n) is 12.4. The van der Waals surface area contributed by atoms with Gasteiger partial charge in [-0.25, -0.2) is 17.5 Å². The smallest absolute Gasteiger partial charge is 0.435 e. The quantitative estimate of drug-likeness (QED) is 0.0969. The molecule has 0 fully saturated rings. The van der Waals surface area contributed by atoms with Crippen molar-refractivity contribution in [2.45, 2.75) is 30.5 Å². The van der Waals surface area contributed by atoms with Gasteiger partial charge in [-0.15, -0.1) is 0 Å². The Morgan fingerprint density at radius 3 is 2.41 bits per heavy atom. The van der Waals surface area contributed by atoms with Crippen molar-refractivity contribution in [2.24, 2.45) is 0 Å². The SMILES string of the molecule is COc1ccc(-n2nc(C(F)(F)F)cc2C(=O)Nc2ccc(-c3ccccc3S(C)(=O)=O)cc2F)c(C(=O)NCCCC(=O)NCc2ccc3c(c2)OCO3)c1. The predicted molar refractivity (Wildman–Crippen MR) is 194 cm³/mol. The Bertz CT molecular complexity index is 2440. The van der Waals surface area contributed by atoms with E-state index in [1.807, 2.05) is 0 Å². The maximum absolute atomic E-state index is 15.4. The van der Waals surface area contributed by atoms with Gasteiger partial charge < -0.3 is 30.2 Å². The molecule has 6 rings (SSSR count). The molecule has 1 aliphatic rings. The molecular weight excluding hydrogens is 763 g/mol. The van der Waals surface area contributed by atoms with Crippen LogP contribution in [0.5, 0.6) is 17.2 Å². The number of halogens is 4. The van der Waals surface area contributed by atoms with Crippen molar-refractivity contribution in [3.05, 3.63) is 113 Å². The maximum atomic E-state index is 15.4. The molecule has 13 nitrogen and oxygen atoms in total. The molecule has 0 radical (unpaired) electrons. The lowest BCUT2D eigenvalue weighted by molar-refractivity contribution is -0.141. The van der Waals surface area contributed by atoms with Crippen LogP contribution in [0.15, 0.2) is 89.8 Å². The number of carbonyl (C=O) groups is 3. The van der Waals surface area contributed by atoms with Crippen molar-refractivity contribution in [1.82, 2.24) is 20.4 Å². The third kappa shape index (κ3) is 8.92. The third-order valence-electron chi connectivity index (χ3n) is 8.52. The molecule has 5 aromatic rings. The minimum absolute atomic E-state index is 0.00287. The lowest BCUT2D eigenvalue weighted by Gasteiger charge is -2.15. The van der Waals surface area contributed by atoms with Gasteiger partial charge in [0.1, 0.15) is 17.3 Å². The molecule has 18 heteroatoms. The Hall–Kier alpha value is -6.43. The van der Waals surface area contributed by atoms with Gasteiger partial charge >= 0.3 is 6.18 Å². The number of anilines is 1. The average Bonchev–Trinajstić information content (AvgIpc) is 3.84. The number of hydrogen-bond acceptors (Lipinski definition) is 9. The van der Waals surface area contributed by atoms with E-state index in [0.717, 1.165) is 24.0 Å². The number of alkyl halides is 3. The topological polar surface area (TPSA) is 167 Å². The fourth-order valence-corrected chi connectivity index (χ4v) is 6.67. The number of rotatable bonds is 13. The predicted octanol–water partition coefficient (Wildman–Crippen LogP) is 5.92. The zero-order valence-corrected chi connectivity index (χ0v) is 30.5. The van der Waals surface area contributed by atoms with Crippen LogP contribution in [-0.2, 0) is 27.4 Å². The molecule has 0 saturated heterocycles. The zero-order valence-electron chi connectivity index (χ0n) is 29.7. The molecule has 3 N–H and O–H groups in total. The first kappa shape index (κ1) is 39.3. The third-order valence-corrected chi connectivity index (χ3v) is 9.67. The van der Waals surface area contributed by atoms with Gasteiger partial charge in [-0.3, -0.25) is 14.4 Å². The summed E-state index contributed by atoms with van der Waals surface area (Å²) in [4.78, 5) is 39.4. The number of amides is 3. The van der Waals surface area contributed by atoms with Gasteiger partial charge in [-0.05, 0) is 66.1 Å². The summed E-state index contributed by atoms with van der Waals surface area (Å²) >= 11 is 0. The van der Waals surface area contributed by atoms with Crippen molar-refractivity contribution in [1.29, 1.82) is 0 Å². The van der Waals surface area contributed by atoms with E-state index in [-0.39, 0.29) is 71.7 Å². The molecular formula is C38H33F4N5O8S. The summed E-state index contributed by atoms with van der Waals surface area (Å²) in [6, 6.07) is 18.9. The minimum Gasteiger partial charge on any atom is -0.497 e. The van der Waals surface area contributed by atoms with Crippen molar-refractivity contribution in [3.63, 3.8) is 0 Å². The standard InChI is InChI=1S/C38H33F4N5O8S/c1-53-24-11-13-29(26(18-24)36(49)43-15-5-8-35(48)44-20-22-9-14-31-32(16-22)55-21-54-31)47-30(19-34(46-47)38(40,41)42)37(50)45-28-12-10-23(17-27(28)39)25-6-3-4-7-33(25)56(2,51)52/h3-4,6-7,9-14,16-19H,5,8,15,20-21H2,1-2H3,(H,43,49)(H,44,48)(H,45,50). The van der Waals surface area contributed by atoms with Gasteiger partial charge in [0.05, 0.1) is 28.9 Å². The van der Waals surface area contributed by atoms with Gasteiger partial charge in [-0.1, -0.05) is 30.3 Å². The van der Waals surface area contributed by atoms with E-state index >= 15 is 4.39 Å². The van der Waals surface area contributed by atoms with Gasteiger partial charge in [0.25, 0.3) is 11.8 Å².